The summed E-state index contributed by atoms with van der Waals surface area (Å²) in [5.41, 5.74) is 0.359. The predicted octanol–water partition coefficient (Wildman–Crippen LogP) is 2.19. The van der Waals surface area contributed by atoms with E-state index in [0.717, 1.165) is 0 Å². The van der Waals surface area contributed by atoms with Crippen LogP contribution in [0.15, 0.2) is 23.4 Å². The molecule has 0 saturated carbocycles. The second-order valence-corrected chi connectivity index (χ2v) is 5.54. The van der Waals surface area contributed by atoms with Crippen LogP contribution in [-0.4, -0.2) is 37.2 Å². The largest absolute Gasteiger partial charge is 0.493 e. The number of methoxy groups -OCH3 is 1. The molecule has 10 heteroatoms. The molecule has 1 aliphatic rings. The van der Waals surface area contributed by atoms with Crippen LogP contribution in [0.1, 0.15) is 32.4 Å². The summed E-state index contributed by atoms with van der Waals surface area (Å²) in [4.78, 5) is 35.1. The van der Waals surface area contributed by atoms with E-state index in [2.05, 4.69) is 10.6 Å². The molecule has 1 unspecified atom stereocenters. The zero-order valence-electron chi connectivity index (χ0n) is 15.5. The van der Waals surface area contributed by atoms with Crippen LogP contribution in [0.25, 0.3) is 0 Å². The summed E-state index contributed by atoms with van der Waals surface area (Å²) in [6.45, 7) is 5.48. The Morgan fingerprint density at radius 1 is 1.22 bits per heavy atom. The number of nitrogens with zero attached hydrogens (tertiary/aromatic N) is 1. The Kier molecular flexibility index (Phi) is 6.22. The topological polar surface area (TPSA) is 129 Å². The number of hydrogen-bond donors (Lipinski definition) is 2. The molecule has 0 aliphatic carbocycles. The highest BCUT2D eigenvalue weighted by molar-refractivity contribution is 5.95. The number of hydrogen-bond acceptors (Lipinski definition) is 7. The highest BCUT2D eigenvalue weighted by Crippen LogP contribution is 2.41. The molecule has 0 fully saturated rings. The first-order chi connectivity index (χ1) is 12.8. The van der Waals surface area contributed by atoms with Crippen LogP contribution in [-0.2, 0) is 9.53 Å². The number of urea groups is 1. The van der Waals surface area contributed by atoms with Crippen molar-refractivity contribution < 1.29 is 28.7 Å². The Labute approximate surface area is 155 Å². The maximum atomic E-state index is 12.3. The lowest BCUT2D eigenvalue weighted by molar-refractivity contribution is -0.385. The maximum Gasteiger partial charge on any atom is 0.337 e. The van der Waals surface area contributed by atoms with E-state index in [1.807, 2.05) is 0 Å². The van der Waals surface area contributed by atoms with Crippen LogP contribution >= 0.6 is 0 Å². The van der Waals surface area contributed by atoms with Crippen molar-refractivity contribution in [3.05, 3.63) is 39.1 Å². The first-order valence-electron chi connectivity index (χ1n) is 8.28. The summed E-state index contributed by atoms with van der Waals surface area (Å²) in [7, 11) is 1.21. The molecule has 2 rings (SSSR count). The Bertz CT molecular complexity index is 804. The van der Waals surface area contributed by atoms with E-state index in [0.29, 0.717) is 0 Å². The average Bonchev–Trinajstić information content (AvgIpc) is 2.61. The zero-order valence-corrected chi connectivity index (χ0v) is 15.5. The van der Waals surface area contributed by atoms with E-state index >= 15 is 0 Å². The van der Waals surface area contributed by atoms with Gasteiger partial charge in [-0.2, -0.15) is 0 Å². The van der Waals surface area contributed by atoms with Gasteiger partial charge in [-0.3, -0.25) is 10.1 Å². The van der Waals surface area contributed by atoms with Crippen LogP contribution in [0.2, 0.25) is 0 Å². The van der Waals surface area contributed by atoms with Crippen molar-refractivity contribution in [2.75, 3.05) is 20.3 Å². The third-order valence-corrected chi connectivity index (χ3v) is 3.87. The molecule has 146 valence electrons. The molecule has 10 nitrogen and oxygen atoms in total. The lowest BCUT2D eigenvalue weighted by atomic mass is 9.94. The van der Waals surface area contributed by atoms with Gasteiger partial charge in [-0.15, -0.1) is 0 Å². The van der Waals surface area contributed by atoms with Crippen molar-refractivity contribution in [2.45, 2.75) is 26.8 Å². The Morgan fingerprint density at radius 2 is 1.85 bits per heavy atom. The molecule has 2 N–H and O–H groups in total. The van der Waals surface area contributed by atoms with Gasteiger partial charge in [0.05, 0.1) is 36.9 Å². The molecule has 0 saturated heterocycles. The number of ether oxygens (including phenoxy) is 3. The monoisotopic (exact) mass is 379 g/mol. The van der Waals surface area contributed by atoms with Crippen molar-refractivity contribution in [3.63, 3.8) is 0 Å². The van der Waals surface area contributed by atoms with Crippen molar-refractivity contribution in [1.82, 2.24) is 10.6 Å². The fourth-order valence-corrected chi connectivity index (χ4v) is 2.79. The molecule has 1 aromatic rings. The molecule has 1 heterocycles. The van der Waals surface area contributed by atoms with Gasteiger partial charge in [0, 0.05) is 23.4 Å². The number of allylic oxidation sites excluding steroid dienone is 1. The molecule has 2 amide bonds. The number of nitro benzene ring substituents is 1. The second kappa shape index (κ2) is 8.39. The quantitative estimate of drug-likeness (QED) is 0.422. The first kappa shape index (κ1) is 20.0. The maximum absolute atomic E-state index is 12.3. The average molecular weight is 379 g/mol. The third kappa shape index (κ3) is 4.10. The number of carbonyl (C=O) groups is 2. The van der Waals surface area contributed by atoms with Gasteiger partial charge < -0.3 is 24.8 Å². The molecule has 1 aromatic carbocycles. The number of nitrogens with one attached hydrogen (secondary N) is 2. The van der Waals surface area contributed by atoms with Gasteiger partial charge in [-0.05, 0) is 20.8 Å². The summed E-state index contributed by atoms with van der Waals surface area (Å²) in [5.74, 6) is -0.382. The first-order valence-corrected chi connectivity index (χ1v) is 8.28. The van der Waals surface area contributed by atoms with E-state index in [-0.39, 0.29) is 47.2 Å². The van der Waals surface area contributed by atoms with Gasteiger partial charge in [-0.1, -0.05) is 0 Å². The van der Waals surface area contributed by atoms with Gasteiger partial charge in [0.15, 0.2) is 0 Å². The minimum atomic E-state index is -0.984. The highest BCUT2D eigenvalue weighted by atomic mass is 16.6. The molecule has 0 bridgehead atoms. The SMILES string of the molecule is CCOc1cc(OCC)c([N+](=O)[O-])cc1C1NC(=O)NC(C)=C1C(=O)OC. The van der Waals surface area contributed by atoms with Crippen molar-refractivity contribution in [2.24, 2.45) is 0 Å². The molecular weight excluding hydrogens is 358 g/mol. The Morgan fingerprint density at radius 3 is 2.41 bits per heavy atom. The molecule has 0 spiro atoms. The summed E-state index contributed by atoms with van der Waals surface area (Å²) < 4.78 is 15.7. The van der Waals surface area contributed by atoms with Crippen LogP contribution < -0.4 is 20.1 Å². The van der Waals surface area contributed by atoms with Crippen LogP contribution in [0, 0.1) is 10.1 Å². The Hall–Kier alpha value is -3.30. The summed E-state index contributed by atoms with van der Waals surface area (Å²) >= 11 is 0. The van der Waals surface area contributed by atoms with Crippen LogP contribution in [0.4, 0.5) is 10.5 Å². The fraction of sp³-hybridized carbons (Fsp3) is 0.412. The number of rotatable bonds is 7. The van der Waals surface area contributed by atoms with Crippen molar-refractivity contribution >= 4 is 17.7 Å². The molecule has 1 atom stereocenters. The van der Waals surface area contributed by atoms with Crippen LogP contribution in [0.5, 0.6) is 11.5 Å². The van der Waals surface area contributed by atoms with Gasteiger partial charge in [0.1, 0.15) is 5.75 Å². The smallest absolute Gasteiger partial charge is 0.337 e. The van der Waals surface area contributed by atoms with E-state index in [1.54, 1.807) is 20.8 Å². The molecule has 1 aliphatic heterocycles. The standard InChI is InChI=1S/C17H21N3O7/c1-5-26-12-8-13(27-6-2)11(20(23)24)7-10(12)15-14(16(21)25-4)9(3)18-17(22)19-15/h7-8,15H,5-6H2,1-4H3,(H2,18,19,22). The van der Waals surface area contributed by atoms with E-state index in [9.17, 15) is 19.7 Å². The fourth-order valence-electron chi connectivity index (χ4n) is 2.79. The van der Waals surface area contributed by atoms with E-state index in [1.165, 1.54) is 19.2 Å². The lowest BCUT2D eigenvalue weighted by Gasteiger charge is -2.29. The predicted molar refractivity (Wildman–Crippen MR) is 94.6 cm³/mol. The van der Waals surface area contributed by atoms with Crippen molar-refractivity contribution in [3.8, 4) is 11.5 Å². The summed E-state index contributed by atoms with van der Waals surface area (Å²) in [6, 6.07) is 1.09. The van der Waals surface area contributed by atoms with Gasteiger partial charge in [0.25, 0.3) is 0 Å². The number of benzene rings is 1. The van der Waals surface area contributed by atoms with Crippen LogP contribution in [0.3, 0.4) is 0 Å². The second-order valence-electron chi connectivity index (χ2n) is 5.54. The summed E-state index contributed by atoms with van der Waals surface area (Å²) in [6.07, 6.45) is 0. The minimum Gasteiger partial charge on any atom is -0.493 e. The zero-order chi connectivity index (χ0) is 20.1. The molecule has 0 radical (unpaired) electrons. The molecular formula is C17H21N3O7. The molecule has 27 heavy (non-hydrogen) atoms. The normalized spacial score (nSPS) is 16.3. The van der Waals surface area contributed by atoms with E-state index < -0.39 is 23.0 Å². The van der Waals surface area contributed by atoms with Gasteiger partial charge in [0.2, 0.25) is 5.75 Å². The minimum absolute atomic E-state index is 0.0373. The Balaban J connectivity index is 2.71. The molecule has 0 aromatic heterocycles. The number of nitro groups is 1. The number of carbonyl (C=O) groups excluding carboxylic acids is 2. The van der Waals surface area contributed by atoms with Gasteiger partial charge >= 0.3 is 17.7 Å². The third-order valence-electron chi connectivity index (χ3n) is 3.87. The van der Waals surface area contributed by atoms with Crippen molar-refractivity contribution in [1.29, 1.82) is 0 Å². The highest BCUT2D eigenvalue weighted by Gasteiger charge is 2.35. The van der Waals surface area contributed by atoms with E-state index in [4.69, 9.17) is 14.2 Å². The van der Waals surface area contributed by atoms with Gasteiger partial charge in [-0.25, -0.2) is 9.59 Å². The number of esters is 1. The number of amides is 2. The summed E-state index contributed by atoms with van der Waals surface area (Å²) in [5, 5.41) is 16.6. The lowest BCUT2D eigenvalue weighted by Crippen LogP contribution is -2.45.